The van der Waals surface area contributed by atoms with E-state index in [0.29, 0.717) is 11.4 Å². The first-order valence-electron chi connectivity index (χ1n) is 8.85. The summed E-state index contributed by atoms with van der Waals surface area (Å²) in [5.74, 6) is 0.497. The third-order valence-corrected chi connectivity index (χ3v) is 4.40. The third-order valence-electron chi connectivity index (χ3n) is 4.40. The van der Waals surface area contributed by atoms with Crippen molar-refractivity contribution in [3.8, 4) is 11.5 Å². The number of carbonyl (C=O) groups is 2. The lowest BCUT2D eigenvalue weighted by Crippen LogP contribution is -2.31. The summed E-state index contributed by atoms with van der Waals surface area (Å²) in [6.45, 7) is 2.03. The topological polar surface area (TPSA) is 88.1 Å². The standard InChI is InChI=1S/C21H22N2O5/c1-14-5-3-4-6-18(14)28-16-9-7-15(8-10-16)22-19-17(21(26)27-2)13-23(11-12-24)20(19)25/h3-10,22,24H,11-13H2,1-2H3. The number of ether oxygens (including phenoxy) is 2. The first kappa shape index (κ1) is 19.4. The molecule has 7 nitrogen and oxygen atoms in total. The number of hydrogen-bond donors (Lipinski definition) is 2. The summed E-state index contributed by atoms with van der Waals surface area (Å²) in [5.41, 5.74) is 2.06. The molecule has 0 radical (unpaired) electrons. The van der Waals surface area contributed by atoms with Gasteiger partial charge in [-0.15, -0.1) is 0 Å². The number of hydrogen-bond acceptors (Lipinski definition) is 6. The molecule has 0 unspecified atom stereocenters. The average Bonchev–Trinajstić information content (AvgIpc) is 3.01. The lowest BCUT2D eigenvalue weighted by atomic mass is 10.2. The lowest BCUT2D eigenvalue weighted by molar-refractivity contribution is -0.136. The van der Waals surface area contributed by atoms with Gasteiger partial charge in [-0.1, -0.05) is 18.2 Å². The fourth-order valence-electron chi connectivity index (χ4n) is 2.90. The number of aliphatic hydroxyl groups is 1. The van der Waals surface area contributed by atoms with Crippen LogP contribution < -0.4 is 10.1 Å². The van der Waals surface area contributed by atoms with Crippen LogP contribution in [-0.4, -0.2) is 48.7 Å². The first-order valence-corrected chi connectivity index (χ1v) is 8.85. The number of esters is 1. The van der Waals surface area contributed by atoms with Gasteiger partial charge in [-0.25, -0.2) is 4.79 Å². The highest BCUT2D eigenvalue weighted by molar-refractivity contribution is 6.08. The van der Waals surface area contributed by atoms with Crippen LogP contribution in [0.25, 0.3) is 0 Å². The van der Waals surface area contributed by atoms with Crippen molar-refractivity contribution in [1.82, 2.24) is 4.90 Å². The van der Waals surface area contributed by atoms with Gasteiger partial charge >= 0.3 is 5.97 Å². The molecule has 0 aliphatic carbocycles. The molecule has 0 aromatic heterocycles. The molecule has 146 valence electrons. The Hall–Kier alpha value is -3.32. The number of amides is 1. The van der Waals surface area contributed by atoms with E-state index in [2.05, 4.69) is 5.32 Å². The van der Waals surface area contributed by atoms with E-state index in [1.165, 1.54) is 12.0 Å². The quantitative estimate of drug-likeness (QED) is 0.716. The van der Waals surface area contributed by atoms with Crippen molar-refractivity contribution in [2.45, 2.75) is 6.92 Å². The molecule has 3 rings (SSSR count). The smallest absolute Gasteiger partial charge is 0.337 e. The summed E-state index contributed by atoms with van der Waals surface area (Å²) >= 11 is 0. The first-order chi connectivity index (χ1) is 13.5. The van der Waals surface area contributed by atoms with Crippen LogP contribution in [0, 0.1) is 6.92 Å². The summed E-state index contributed by atoms with van der Waals surface area (Å²) in [7, 11) is 1.27. The number of rotatable bonds is 7. The average molecular weight is 382 g/mol. The molecule has 28 heavy (non-hydrogen) atoms. The summed E-state index contributed by atoms with van der Waals surface area (Å²) in [6.07, 6.45) is 0. The zero-order chi connectivity index (χ0) is 20.1. The highest BCUT2D eigenvalue weighted by Gasteiger charge is 2.34. The predicted molar refractivity (Wildman–Crippen MR) is 104 cm³/mol. The Kier molecular flexibility index (Phi) is 5.96. The van der Waals surface area contributed by atoms with Gasteiger partial charge in [-0.2, -0.15) is 0 Å². The number of β-amino-alcohol motifs (C(OH)–C–C–N with tert-alkyl or cyclic N) is 1. The van der Waals surface area contributed by atoms with Gasteiger partial charge in [0.1, 0.15) is 17.2 Å². The Balaban J connectivity index is 1.77. The second-order valence-corrected chi connectivity index (χ2v) is 6.31. The molecular formula is C21H22N2O5. The molecular weight excluding hydrogens is 360 g/mol. The molecule has 1 amide bonds. The largest absolute Gasteiger partial charge is 0.466 e. The summed E-state index contributed by atoms with van der Waals surface area (Å²) in [4.78, 5) is 25.9. The van der Waals surface area contributed by atoms with E-state index >= 15 is 0 Å². The van der Waals surface area contributed by atoms with Crippen molar-refractivity contribution in [1.29, 1.82) is 0 Å². The van der Waals surface area contributed by atoms with Gasteiger partial charge in [0.25, 0.3) is 5.91 Å². The van der Waals surface area contributed by atoms with E-state index in [0.717, 1.165) is 11.3 Å². The van der Waals surface area contributed by atoms with Crippen LogP contribution in [0.4, 0.5) is 5.69 Å². The Labute approximate surface area is 163 Å². The summed E-state index contributed by atoms with van der Waals surface area (Å²) < 4.78 is 10.6. The number of nitrogens with one attached hydrogen (secondary N) is 1. The van der Waals surface area contributed by atoms with E-state index in [-0.39, 0.29) is 36.9 Å². The predicted octanol–water partition coefficient (Wildman–Crippen LogP) is 2.46. The molecule has 7 heteroatoms. The highest BCUT2D eigenvalue weighted by Crippen LogP contribution is 2.27. The third kappa shape index (κ3) is 4.15. The molecule has 2 aromatic rings. The minimum atomic E-state index is -0.573. The maximum absolute atomic E-state index is 12.5. The molecule has 1 aliphatic rings. The fourth-order valence-corrected chi connectivity index (χ4v) is 2.90. The molecule has 0 saturated heterocycles. The SMILES string of the molecule is COC(=O)C1=C(Nc2ccc(Oc3ccccc3C)cc2)C(=O)N(CCO)C1. The van der Waals surface area contributed by atoms with Gasteiger partial charge < -0.3 is 24.8 Å². The number of para-hydroxylation sites is 1. The van der Waals surface area contributed by atoms with Crippen molar-refractivity contribution in [2.24, 2.45) is 0 Å². The second-order valence-electron chi connectivity index (χ2n) is 6.31. The number of nitrogens with zero attached hydrogens (tertiary/aromatic N) is 1. The number of aryl methyl sites for hydroxylation is 1. The van der Waals surface area contributed by atoms with Crippen LogP contribution in [-0.2, 0) is 14.3 Å². The maximum atomic E-state index is 12.5. The molecule has 0 fully saturated rings. The van der Waals surface area contributed by atoms with Crippen LogP contribution in [0.15, 0.2) is 59.8 Å². The number of methoxy groups -OCH3 is 1. The van der Waals surface area contributed by atoms with Crippen molar-refractivity contribution in [3.63, 3.8) is 0 Å². The Morgan fingerprint density at radius 1 is 1.18 bits per heavy atom. The lowest BCUT2D eigenvalue weighted by Gasteiger charge is -2.15. The van der Waals surface area contributed by atoms with Crippen LogP contribution in [0.1, 0.15) is 5.56 Å². The monoisotopic (exact) mass is 382 g/mol. The van der Waals surface area contributed by atoms with E-state index in [1.807, 2.05) is 31.2 Å². The Morgan fingerprint density at radius 3 is 2.54 bits per heavy atom. The molecule has 0 spiro atoms. The molecule has 2 N–H and O–H groups in total. The summed E-state index contributed by atoms with van der Waals surface area (Å²) in [5, 5.41) is 12.1. The number of carbonyl (C=O) groups excluding carboxylic acids is 2. The van der Waals surface area contributed by atoms with E-state index in [4.69, 9.17) is 14.6 Å². The zero-order valence-corrected chi connectivity index (χ0v) is 15.8. The molecule has 0 bridgehead atoms. The number of anilines is 1. The Morgan fingerprint density at radius 2 is 1.89 bits per heavy atom. The van der Waals surface area contributed by atoms with Gasteiger partial charge in [0.05, 0.1) is 25.8 Å². The zero-order valence-electron chi connectivity index (χ0n) is 15.8. The van der Waals surface area contributed by atoms with Crippen molar-refractivity contribution in [2.75, 3.05) is 32.1 Å². The van der Waals surface area contributed by atoms with Gasteiger partial charge in [-0.05, 0) is 42.8 Å². The van der Waals surface area contributed by atoms with Crippen molar-refractivity contribution >= 4 is 17.6 Å². The van der Waals surface area contributed by atoms with Gasteiger partial charge in [0.15, 0.2) is 0 Å². The van der Waals surface area contributed by atoms with E-state index in [1.54, 1.807) is 24.3 Å². The van der Waals surface area contributed by atoms with E-state index < -0.39 is 5.97 Å². The molecule has 0 saturated carbocycles. The van der Waals surface area contributed by atoms with Crippen LogP contribution in [0.2, 0.25) is 0 Å². The fraction of sp³-hybridized carbons (Fsp3) is 0.238. The van der Waals surface area contributed by atoms with Crippen molar-refractivity contribution < 1.29 is 24.2 Å². The van der Waals surface area contributed by atoms with Crippen LogP contribution in [0.3, 0.4) is 0 Å². The van der Waals surface area contributed by atoms with Crippen molar-refractivity contribution in [3.05, 3.63) is 65.4 Å². The molecule has 1 aliphatic heterocycles. The highest BCUT2D eigenvalue weighted by atomic mass is 16.5. The number of aliphatic hydroxyl groups excluding tert-OH is 1. The number of benzene rings is 2. The van der Waals surface area contributed by atoms with E-state index in [9.17, 15) is 9.59 Å². The molecule has 0 atom stereocenters. The van der Waals surface area contributed by atoms with Gasteiger partial charge in [-0.3, -0.25) is 4.79 Å². The molecule has 1 heterocycles. The minimum Gasteiger partial charge on any atom is -0.466 e. The summed E-state index contributed by atoms with van der Waals surface area (Å²) in [6, 6.07) is 14.8. The molecule has 2 aromatic carbocycles. The minimum absolute atomic E-state index is 0.100. The van der Waals surface area contributed by atoms with Gasteiger partial charge in [0, 0.05) is 12.2 Å². The van der Waals surface area contributed by atoms with Crippen LogP contribution in [0.5, 0.6) is 11.5 Å². The van der Waals surface area contributed by atoms with Gasteiger partial charge in [0.2, 0.25) is 0 Å². The second kappa shape index (κ2) is 8.58. The van der Waals surface area contributed by atoms with Crippen LogP contribution >= 0.6 is 0 Å². The maximum Gasteiger partial charge on any atom is 0.337 e. The normalized spacial score (nSPS) is 13.7. The Bertz CT molecular complexity index is 905.